The van der Waals surface area contributed by atoms with Crippen molar-refractivity contribution in [2.24, 2.45) is 4.99 Å². The SMILES string of the molecule is C=CNS(=O)(=O)c1ccc(N=C2C=C(C(=O)O)C(O)=CC2)cc1. The monoisotopic (exact) mass is 334 g/mol. The van der Waals surface area contributed by atoms with Crippen LogP contribution in [0, 0.1) is 0 Å². The summed E-state index contributed by atoms with van der Waals surface area (Å²) in [6.07, 6.45) is 3.99. The highest BCUT2D eigenvalue weighted by atomic mass is 32.2. The number of aliphatic carboxylic acids is 1. The Kier molecular flexibility index (Phi) is 4.65. The van der Waals surface area contributed by atoms with E-state index >= 15 is 0 Å². The van der Waals surface area contributed by atoms with Crippen LogP contribution in [-0.2, 0) is 14.8 Å². The molecule has 1 aromatic carbocycles. The zero-order valence-corrected chi connectivity index (χ0v) is 12.7. The average molecular weight is 334 g/mol. The number of hydrogen-bond donors (Lipinski definition) is 3. The summed E-state index contributed by atoms with van der Waals surface area (Å²) in [5, 5.41) is 18.4. The average Bonchev–Trinajstić information content (AvgIpc) is 2.49. The summed E-state index contributed by atoms with van der Waals surface area (Å²) in [5.41, 5.74) is 0.678. The third kappa shape index (κ3) is 3.86. The highest BCUT2D eigenvalue weighted by molar-refractivity contribution is 7.89. The second-order valence-corrected chi connectivity index (χ2v) is 6.29. The van der Waals surface area contributed by atoms with Crippen molar-refractivity contribution in [2.75, 3.05) is 0 Å². The van der Waals surface area contributed by atoms with Crippen LogP contribution in [0.25, 0.3) is 0 Å². The lowest BCUT2D eigenvalue weighted by molar-refractivity contribution is -0.132. The Morgan fingerprint density at radius 2 is 1.96 bits per heavy atom. The Bertz CT molecular complexity index is 833. The standard InChI is InChI=1S/C15H14N2O5S/c1-2-16-23(21,22)12-6-3-10(4-7-12)17-11-5-8-14(18)13(9-11)15(19)20/h2-4,6-9,16,18H,1,5H2,(H,19,20). The maximum atomic E-state index is 11.8. The summed E-state index contributed by atoms with van der Waals surface area (Å²) in [6.45, 7) is 3.30. The van der Waals surface area contributed by atoms with Crippen molar-refractivity contribution in [3.8, 4) is 0 Å². The molecule has 0 fully saturated rings. The van der Waals surface area contributed by atoms with Crippen molar-refractivity contribution in [1.29, 1.82) is 0 Å². The van der Waals surface area contributed by atoms with E-state index in [1.807, 2.05) is 0 Å². The Morgan fingerprint density at radius 3 is 2.52 bits per heavy atom. The lowest BCUT2D eigenvalue weighted by atomic mass is 10.0. The third-order valence-electron chi connectivity index (χ3n) is 2.98. The minimum absolute atomic E-state index is 0.0595. The first-order valence-electron chi connectivity index (χ1n) is 6.49. The van der Waals surface area contributed by atoms with Gasteiger partial charge in [0.2, 0.25) is 0 Å². The molecule has 1 aliphatic rings. The summed E-state index contributed by atoms with van der Waals surface area (Å²) in [7, 11) is -3.64. The molecule has 0 radical (unpaired) electrons. The molecule has 0 amide bonds. The van der Waals surface area contributed by atoms with Gasteiger partial charge in [0.1, 0.15) is 11.3 Å². The minimum atomic E-state index is -3.64. The predicted molar refractivity (Wildman–Crippen MR) is 85.1 cm³/mol. The molecule has 120 valence electrons. The van der Waals surface area contributed by atoms with E-state index in [2.05, 4.69) is 16.3 Å². The highest BCUT2D eigenvalue weighted by Gasteiger charge is 2.17. The van der Waals surface area contributed by atoms with Crippen molar-refractivity contribution in [2.45, 2.75) is 11.3 Å². The first kappa shape index (κ1) is 16.5. The van der Waals surface area contributed by atoms with Crippen molar-refractivity contribution < 1.29 is 23.4 Å². The lowest BCUT2D eigenvalue weighted by Crippen LogP contribution is -2.17. The smallest absolute Gasteiger partial charge is 0.339 e. The van der Waals surface area contributed by atoms with Gasteiger partial charge in [0, 0.05) is 18.3 Å². The van der Waals surface area contributed by atoms with Crippen molar-refractivity contribution >= 4 is 27.4 Å². The summed E-state index contributed by atoms with van der Waals surface area (Å²) in [5.74, 6) is -1.54. The fraction of sp³-hybridized carbons (Fsp3) is 0.0667. The van der Waals surface area contributed by atoms with E-state index in [1.165, 1.54) is 36.4 Å². The number of carboxylic acids is 1. The first-order valence-corrected chi connectivity index (χ1v) is 7.97. The number of hydrogen-bond acceptors (Lipinski definition) is 5. The zero-order chi connectivity index (χ0) is 17.0. The van der Waals surface area contributed by atoms with E-state index in [4.69, 9.17) is 5.11 Å². The number of benzene rings is 1. The van der Waals surface area contributed by atoms with Crippen LogP contribution >= 0.6 is 0 Å². The van der Waals surface area contributed by atoms with Crippen LogP contribution in [0.2, 0.25) is 0 Å². The molecule has 3 N–H and O–H groups in total. The molecule has 0 spiro atoms. The molecule has 0 bridgehead atoms. The van der Waals surface area contributed by atoms with E-state index in [-0.39, 0.29) is 22.6 Å². The predicted octanol–water partition coefficient (Wildman–Crippen LogP) is 2.04. The van der Waals surface area contributed by atoms with E-state index in [1.54, 1.807) is 0 Å². The Morgan fingerprint density at radius 1 is 1.30 bits per heavy atom. The Hall–Kier alpha value is -2.87. The van der Waals surface area contributed by atoms with Crippen LogP contribution in [0.5, 0.6) is 0 Å². The molecular weight excluding hydrogens is 320 g/mol. The van der Waals surface area contributed by atoms with Crippen molar-refractivity contribution in [3.05, 3.63) is 60.5 Å². The summed E-state index contributed by atoms with van der Waals surface area (Å²) in [6, 6.07) is 5.75. The summed E-state index contributed by atoms with van der Waals surface area (Å²) >= 11 is 0. The molecule has 1 aromatic rings. The molecule has 8 heteroatoms. The van der Waals surface area contributed by atoms with Crippen LogP contribution in [0.4, 0.5) is 5.69 Å². The van der Waals surface area contributed by atoms with Crippen LogP contribution in [0.1, 0.15) is 6.42 Å². The second-order valence-electron chi connectivity index (χ2n) is 4.58. The van der Waals surface area contributed by atoms with Gasteiger partial charge in [-0.3, -0.25) is 9.71 Å². The maximum absolute atomic E-state index is 11.8. The number of carboxylic acid groups (broad SMARTS) is 1. The highest BCUT2D eigenvalue weighted by Crippen LogP contribution is 2.21. The maximum Gasteiger partial charge on any atom is 0.339 e. The molecule has 0 aromatic heterocycles. The number of aliphatic hydroxyl groups excluding tert-OH is 1. The topological polar surface area (TPSA) is 116 Å². The van der Waals surface area contributed by atoms with Gasteiger partial charge in [-0.1, -0.05) is 6.58 Å². The molecule has 1 aliphatic carbocycles. The van der Waals surface area contributed by atoms with Crippen LogP contribution in [0.15, 0.2) is 70.4 Å². The van der Waals surface area contributed by atoms with Crippen LogP contribution in [0.3, 0.4) is 0 Å². The molecule has 23 heavy (non-hydrogen) atoms. The van der Waals surface area contributed by atoms with E-state index < -0.39 is 16.0 Å². The van der Waals surface area contributed by atoms with Gasteiger partial charge in [0.25, 0.3) is 10.0 Å². The number of allylic oxidation sites excluding steroid dienone is 2. The lowest BCUT2D eigenvalue weighted by Gasteiger charge is -2.09. The quantitative estimate of drug-likeness (QED) is 0.762. The molecule has 2 rings (SSSR count). The largest absolute Gasteiger partial charge is 0.507 e. The number of nitrogens with zero attached hydrogens (tertiary/aromatic N) is 1. The number of aliphatic hydroxyl groups is 1. The van der Waals surface area contributed by atoms with Gasteiger partial charge in [-0.15, -0.1) is 0 Å². The van der Waals surface area contributed by atoms with Gasteiger partial charge in [-0.25, -0.2) is 13.2 Å². The molecule has 0 saturated carbocycles. The van der Waals surface area contributed by atoms with Crippen molar-refractivity contribution in [1.82, 2.24) is 4.72 Å². The normalized spacial score (nSPS) is 16.4. The minimum Gasteiger partial charge on any atom is -0.507 e. The van der Waals surface area contributed by atoms with E-state index in [9.17, 15) is 18.3 Å². The molecule has 7 nitrogen and oxygen atoms in total. The fourth-order valence-corrected chi connectivity index (χ4v) is 2.75. The van der Waals surface area contributed by atoms with Gasteiger partial charge < -0.3 is 10.2 Å². The second kappa shape index (κ2) is 6.49. The van der Waals surface area contributed by atoms with E-state index in [0.717, 1.165) is 6.20 Å². The van der Waals surface area contributed by atoms with Gasteiger partial charge >= 0.3 is 5.97 Å². The van der Waals surface area contributed by atoms with Crippen LogP contribution < -0.4 is 4.72 Å². The molecule has 0 saturated heterocycles. The molecular formula is C15H14N2O5S. The van der Waals surface area contributed by atoms with E-state index in [0.29, 0.717) is 11.4 Å². The number of aliphatic imine (C=N–C) groups is 1. The van der Waals surface area contributed by atoms with Gasteiger partial charge in [0.15, 0.2) is 0 Å². The first-order chi connectivity index (χ1) is 10.8. The molecule has 0 heterocycles. The molecule has 0 atom stereocenters. The molecule has 0 unspecified atom stereocenters. The Balaban J connectivity index is 2.28. The fourth-order valence-electron chi connectivity index (χ4n) is 1.90. The van der Waals surface area contributed by atoms with Crippen molar-refractivity contribution in [3.63, 3.8) is 0 Å². The van der Waals surface area contributed by atoms with Gasteiger partial charge in [-0.05, 0) is 36.4 Å². The number of rotatable bonds is 5. The molecule has 0 aliphatic heterocycles. The zero-order valence-electron chi connectivity index (χ0n) is 11.9. The van der Waals surface area contributed by atoms with Gasteiger partial charge in [0.05, 0.1) is 10.6 Å². The third-order valence-corrected chi connectivity index (χ3v) is 4.35. The number of carbonyl (C=O) groups is 1. The number of sulfonamides is 1. The number of nitrogens with one attached hydrogen (secondary N) is 1. The summed E-state index contributed by atoms with van der Waals surface area (Å²) < 4.78 is 25.7. The summed E-state index contributed by atoms with van der Waals surface area (Å²) in [4.78, 5) is 15.3. The Labute approximate surface area is 133 Å². The van der Waals surface area contributed by atoms with Crippen LogP contribution in [-0.4, -0.2) is 30.3 Å². The van der Waals surface area contributed by atoms with Gasteiger partial charge in [-0.2, -0.15) is 0 Å².